The van der Waals surface area contributed by atoms with E-state index in [9.17, 15) is 9.59 Å². The van der Waals surface area contributed by atoms with Crippen molar-refractivity contribution in [2.75, 3.05) is 26.8 Å². The lowest BCUT2D eigenvalue weighted by atomic mass is 10.1. The summed E-state index contributed by atoms with van der Waals surface area (Å²) in [7, 11) is 1.57. The molecule has 0 spiro atoms. The highest BCUT2D eigenvalue weighted by Crippen LogP contribution is 2.16. The molecular formula is C15H19N3O3. The number of benzene rings is 1. The molecule has 0 aromatic heterocycles. The van der Waals surface area contributed by atoms with E-state index in [-0.39, 0.29) is 24.8 Å². The number of carbonyl (C=O) groups excluding carboxylic acids is 2. The van der Waals surface area contributed by atoms with Crippen molar-refractivity contribution in [3.63, 3.8) is 0 Å². The Balaban J connectivity index is 1.94. The summed E-state index contributed by atoms with van der Waals surface area (Å²) in [6.45, 7) is 0.855. The normalized spacial score (nSPS) is 14.4. The lowest BCUT2D eigenvalue weighted by molar-refractivity contribution is -0.137. The number of hydrogen-bond acceptors (Lipinski definition) is 4. The first-order valence-electron chi connectivity index (χ1n) is 6.79. The Morgan fingerprint density at radius 1 is 1.38 bits per heavy atom. The predicted molar refractivity (Wildman–Crippen MR) is 78.8 cm³/mol. The second kappa shape index (κ2) is 7.44. The van der Waals surface area contributed by atoms with Gasteiger partial charge in [0.25, 0.3) is 0 Å². The maximum Gasteiger partial charge on any atom is 0.245 e. The summed E-state index contributed by atoms with van der Waals surface area (Å²) < 4.78 is 4.86. The van der Waals surface area contributed by atoms with Crippen LogP contribution in [0.15, 0.2) is 36.4 Å². The van der Waals surface area contributed by atoms with Gasteiger partial charge in [0.1, 0.15) is 6.54 Å². The van der Waals surface area contributed by atoms with Crippen LogP contribution in [0.5, 0.6) is 0 Å². The van der Waals surface area contributed by atoms with Crippen LogP contribution < -0.4 is 10.7 Å². The molecule has 0 aliphatic carbocycles. The number of carbonyl (C=O) groups is 2. The minimum atomic E-state index is -0.220. The molecular weight excluding hydrogens is 270 g/mol. The van der Waals surface area contributed by atoms with E-state index in [1.807, 2.05) is 36.4 Å². The van der Waals surface area contributed by atoms with Gasteiger partial charge in [0, 0.05) is 20.1 Å². The highest BCUT2D eigenvalue weighted by Gasteiger charge is 2.21. The Bertz CT molecular complexity index is 528. The van der Waals surface area contributed by atoms with Crippen LogP contribution in [0, 0.1) is 0 Å². The summed E-state index contributed by atoms with van der Waals surface area (Å²) in [6, 6.07) is 9.68. The lowest BCUT2D eigenvalue weighted by Crippen LogP contribution is -2.49. The van der Waals surface area contributed by atoms with E-state index in [4.69, 9.17) is 4.74 Å². The molecule has 1 aliphatic heterocycles. The van der Waals surface area contributed by atoms with E-state index < -0.39 is 0 Å². The number of hydrogen-bond donors (Lipinski definition) is 2. The Hall–Kier alpha value is -2.34. The number of methoxy groups -OCH3 is 1. The topological polar surface area (TPSA) is 70.7 Å². The number of ether oxygens (including phenoxy) is 1. The third-order valence-electron chi connectivity index (χ3n) is 3.05. The Morgan fingerprint density at radius 2 is 2.14 bits per heavy atom. The molecule has 0 atom stereocenters. The quantitative estimate of drug-likeness (QED) is 0.749. The lowest BCUT2D eigenvalue weighted by Gasteiger charge is -2.28. The maximum atomic E-state index is 11.9. The van der Waals surface area contributed by atoms with Crippen LogP contribution in [0.3, 0.4) is 0 Å². The molecule has 112 valence electrons. The van der Waals surface area contributed by atoms with Crippen molar-refractivity contribution >= 4 is 17.5 Å². The number of nitrogens with one attached hydrogen (secondary N) is 2. The third kappa shape index (κ3) is 4.32. The molecule has 1 aromatic carbocycles. The van der Waals surface area contributed by atoms with Crippen molar-refractivity contribution in [3.05, 3.63) is 42.0 Å². The van der Waals surface area contributed by atoms with Crippen molar-refractivity contribution in [1.29, 1.82) is 0 Å². The van der Waals surface area contributed by atoms with Gasteiger partial charge in [-0.2, -0.15) is 0 Å². The summed E-state index contributed by atoms with van der Waals surface area (Å²) in [6.07, 6.45) is 2.11. The largest absolute Gasteiger partial charge is 0.383 e. The highest BCUT2D eigenvalue weighted by atomic mass is 16.5. The fraction of sp³-hybridized carbons (Fsp3) is 0.333. The van der Waals surface area contributed by atoms with Gasteiger partial charge in [-0.25, -0.2) is 5.01 Å². The second-order valence-corrected chi connectivity index (χ2v) is 4.62. The van der Waals surface area contributed by atoms with Gasteiger partial charge in [-0.05, 0) is 11.6 Å². The van der Waals surface area contributed by atoms with Crippen LogP contribution in [-0.4, -0.2) is 43.6 Å². The molecule has 1 heterocycles. The molecule has 0 radical (unpaired) electrons. The summed E-state index contributed by atoms with van der Waals surface area (Å²) in [5.41, 5.74) is 4.81. The number of amides is 2. The van der Waals surface area contributed by atoms with E-state index in [2.05, 4.69) is 10.7 Å². The summed E-state index contributed by atoms with van der Waals surface area (Å²) >= 11 is 0. The number of rotatable bonds is 6. The van der Waals surface area contributed by atoms with Crippen LogP contribution in [0.2, 0.25) is 0 Å². The molecule has 6 nitrogen and oxygen atoms in total. The average Bonchev–Trinajstić information content (AvgIpc) is 2.51. The van der Waals surface area contributed by atoms with E-state index in [1.165, 1.54) is 5.01 Å². The minimum absolute atomic E-state index is 0.0211. The van der Waals surface area contributed by atoms with Gasteiger partial charge in [-0.3, -0.25) is 15.0 Å². The van der Waals surface area contributed by atoms with E-state index >= 15 is 0 Å². The second-order valence-electron chi connectivity index (χ2n) is 4.62. The zero-order valence-electron chi connectivity index (χ0n) is 12.0. The summed E-state index contributed by atoms with van der Waals surface area (Å²) in [5.74, 6) is -0.348. The zero-order chi connectivity index (χ0) is 15.1. The first-order valence-corrected chi connectivity index (χ1v) is 6.79. The number of nitrogens with zero attached hydrogens (tertiary/aromatic N) is 1. The fourth-order valence-electron chi connectivity index (χ4n) is 1.97. The van der Waals surface area contributed by atoms with Gasteiger partial charge < -0.3 is 10.1 Å². The SMILES string of the molecule is COCCNC(=O)CN1NC(c2ccccc2)=CCC1=O. The zero-order valence-corrected chi connectivity index (χ0v) is 12.0. The molecule has 1 aromatic rings. The first kappa shape index (κ1) is 15.1. The smallest absolute Gasteiger partial charge is 0.245 e. The minimum Gasteiger partial charge on any atom is -0.383 e. The molecule has 0 saturated heterocycles. The van der Waals surface area contributed by atoms with Crippen molar-refractivity contribution in [2.24, 2.45) is 0 Å². The van der Waals surface area contributed by atoms with Crippen molar-refractivity contribution in [3.8, 4) is 0 Å². The van der Waals surface area contributed by atoms with Crippen molar-refractivity contribution in [1.82, 2.24) is 15.8 Å². The van der Waals surface area contributed by atoms with Gasteiger partial charge in [0.2, 0.25) is 11.8 Å². The Morgan fingerprint density at radius 3 is 2.86 bits per heavy atom. The Kier molecular flexibility index (Phi) is 5.34. The van der Waals surface area contributed by atoms with Crippen LogP contribution in [0.25, 0.3) is 5.70 Å². The maximum absolute atomic E-state index is 11.9. The monoisotopic (exact) mass is 289 g/mol. The molecule has 2 N–H and O–H groups in total. The van der Waals surface area contributed by atoms with Gasteiger partial charge in [-0.1, -0.05) is 30.3 Å². The van der Waals surface area contributed by atoms with E-state index in [0.29, 0.717) is 13.2 Å². The molecule has 2 rings (SSSR count). The first-order chi connectivity index (χ1) is 10.2. The Labute approximate surface area is 123 Å². The van der Waals surface area contributed by atoms with E-state index in [0.717, 1.165) is 11.3 Å². The van der Waals surface area contributed by atoms with Crippen molar-refractivity contribution < 1.29 is 14.3 Å². The molecule has 0 bridgehead atoms. The van der Waals surface area contributed by atoms with Crippen LogP contribution in [0.1, 0.15) is 12.0 Å². The highest BCUT2D eigenvalue weighted by molar-refractivity contribution is 5.88. The fourth-order valence-corrected chi connectivity index (χ4v) is 1.97. The van der Waals surface area contributed by atoms with Gasteiger partial charge in [-0.15, -0.1) is 0 Å². The van der Waals surface area contributed by atoms with Crippen LogP contribution in [0.4, 0.5) is 0 Å². The predicted octanol–water partition coefficient (Wildman–Crippen LogP) is 0.527. The van der Waals surface area contributed by atoms with Gasteiger partial charge >= 0.3 is 0 Å². The number of hydrazine groups is 1. The molecule has 0 fully saturated rings. The van der Waals surface area contributed by atoms with E-state index in [1.54, 1.807) is 7.11 Å². The third-order valence-corrected chi connectivity index (χ3v) is 3.05. The van der Waals surface area contributed by atoms with Crippen LogP contribution >= 0.6 is 0 Å². The van der Waals surface area contributed by atoms with Crippen LogP contribution in [-0.2, 0) is 14.3 Å². The molecule has 1 aliphatic rings. The molecule has 2 amide bonds. The standard InChI is InChI=1S/C15H19N3O3/c1-21-10-9-16-14(19)11-18-15(20)8-7-13(17-18)12-5-3-2-4-6-12/h2-7,17H,8-11H2,1H3,(H,16,19). The van der Waals surface area contributed by atoms with Gasteiger partial charge in [0.15, 0.2) is 0 Å². The molecule has 6 heteroatoms. The average molecular weight is 289 g/mol. The summed E-state index contributed by atoms with van der Waals surface area (Å²) in [5, 5.41) is 4.03. The molecule has 0 unspecified atom stereocenters. The molecule has 21 heavy (non-hydrogen) atoms. The van der Waals surface area contributed by atoms with Crippen molar-refractivity contribution in [2.45, 2.75) is 6.42 Å². The summed E-state index contributed by atoms with van der Waals surface area (Å²) in [4.78, 5) is 23.6. The molecule has 0 saturated carbocycles. The van der Waals surface area contributed by atoms with Gasteiger partial charge in [0.05, 0.1) is 12.3 Å².